The lowest BCUT2D eigenvalue weighted by Gasteiger charge is -2.04. The Bertz CT molecular complexity index is 1110. The quantitative estimate of drug-likeness (QED) is 0.408. The van der Waals surface area contributed by atoms with E-state index < -0.39 is 4.92 Å². The topological polar surface area (TPSA) is 93.3 Å². The van der Waals surface area contributed by atoms with E-state index in [-0.39, 0.29) is 11.2 Å². The number of aromatic amines is 1. The fourth-order valence-electron chi connectivity index (χ4n) is 2.83. The maximum atomic E-state index is 12.9. The van der Waals surface area contributed by atoms with Crippen LogP contribution in [-0.2, 0) is 0 Å². The molecule has 0 amide bonds. The summed E-state index contributed by atoms with van der Waals surface area (Å²) in [6.45, 7) is 5.41. The number of aliphatic imine (C=N–C) groups is 1. The van der Waals surface area contributed by atoms with E-state index in [4.69, 9.17) is 11.6 Å². The molecule has 0 saturated heterocycles. The third-order valence-corrected chi connectivity index (χ3v) is 4.69. The van der Waals surface area contributed by atoms with Gasteiger partial charge in [-0.1, -0.05) is 17.7 Å². The first kappa shape index (κ1) is 18.6. The highest BCUT2D eigenvalue weighted by atomic mass is 35.5. The molecule has 0 spiro atoms. The van der Waals surface area contributed by atoms with Crippen molar-refractivity contribution in [3.8, 4) is 5.69 Å². The van der Waals surface area contributed by atoms with E-state index in [1.807, 2.05) is 13.0 Å². The second-order valence-electron chi connectivity index (χ2n) is 6.11. The number of aromatic nitrogens is 2. The zero-order valence-electron chi connectivity index (χ0n) is 15.0. The predicted molar refractivity (Wildman–Crippen MR) is 106 cm³/mol. The van der Waals surface area contributed by atoms with Gasteiger partial charge in [-0.2, -0.15) is 0 Å². The van der Waals surface area contributed by atoms with E-state index in [0.717, 1.165) is 5.56 Å². The Labute approximate surface area is 160 Å². The smallest absolute Gasteiger partial charge is 0.280 e. The molecular weight excluding hydrogens is 368 g/mol. The summed E-state index contributed by atoms with van der Waals surface area (Å²) in [6.07, 6.45) is 0. The normalized spacial score (nSPS) is 11.6. The monoisotopic (exact) mass is 384 g/mol. The van der Waals surface area contributed by atoms with Gasteiger partial charge in [0, 0.05) is 22.8 Å². The van der Waals surface area contributed by atoms with Gasteiger partial charge < -0.3 is 0 Å². The van der Waals surface area contributed by atoms with Crippen molar-refractivity contribution in [2.45, 2.75) is 20.8 Å². The van der Waals surface area contributed by atoms with E-state index >= 15 is 0 Å². The minimum atomic E-state index is -0.484. The van der Waals surface area contributed by atoms with Gasteiger partial charge in [0.2, 0.25) is 0 Å². The second-order valence-corrected chi connectivity index (χ2v) is 6.51. The van der Waals surface area contributed by atoms with Crippen LogP contribution in [0.4, 0.5) is 11.4 Å². The molecule has 0 unspecified atom stereocenters. The number of aryl methyl sites for hydroxylation is 1. The number of hydrogen-bond acceptors (Lipinski definition) is 4. The van der Waals surface area contributed by atoms with Crippen molar-refractivity contribution in [2.75, 3.05) is 0 Å². The van der Waals surface area contributed by atoms with Crippen molar-refractivity contribution in [2.24, 2.45) is 4.99 Å². The van der Waals surface area contributed by atoms with Gasteiger partial charge in [0.05, 0.1) is 27.6 Å². The van der Waals surface area contributed by atoms with Gasteiger partial charge >= 0.3 is 0 Å². The lowest BCUT2D eigenvalue weighted by Crippen LogP contribution is -2.19. The molecule has 1 aromatic heterocycles. The molecule has 0 aliphatic heterocycles. The molecule has 0 atom stereocenters. The minimum absolute atomic E-state index is 0.0375. The largest absolute Gasteiger partial charge is 0.295 e. The Morgan fingerprint density at radius 2 is 1.85 bits per heavy atom. The molecule has 0 fully saturated rings. The van der Waals surface area contributed by atoms with E-state index in [9.17, 15) is 14.9 Å². The lowest BCUT2D eigenvalue weighted by molar-refractivity contribution is -0.384. The molecule has 3 rings (SSSR count). The summed E-state index contributed by atoms with van der Waals surface area (Å²) < 4.78 is 1.35. The number of hydrogen-bond donors (Lipinski definition) is 1. The molecular formula is C19H17ClN4O3. The highest BCUT2D eigenvalue weighted by Crippen LogP contribution is 2.26. The maximum absolute atomic E-state index is 12.9. The number of nitrogens with one attached hydrogen (secondary N) is 1. The van der Waals surface area contributed by atoms with Crippen LogP contribution in [0, 0.1) is 24.0 Å². The van der Waals surface area contributed by atoms with Crippen molar-refractivity contribution in [1.29, 1.82) is 0 Å². The summed E-state index contributed by atoms with van der Waals surface area (Å²) in [5.74, 6) is 0. The molecule has 1 heterocycles. The van der Waals surface area contributed by atoms with E-state index in [1.165, 1.54) is 28.9 Å². The van der Waals surface area contributed by atoms with Crippen LogP contribution < -0.4 is 5.56 Å². The second kappa shape index (κ2) is 7.20. The molecule has 0 radical (unpaired) electrons. The molecule has 3 aromatic rings. The van der Waals surface area contributed by atoms with Crippen LogP contribution in [0.3, 0.4) is 0 Å². The number of rotatable bonds is 4. The van der Waals surface area contributed by atoms with Crippen molar-refractivity contribution < 1.29 is 4.92 Å². The van der Waals surface area contributed by atoms with Gasteiger partial charge in [0.1, 0.15) is 0 Å². The number of nitro groups is 1. The number of halogens is 1. The summed E-state index contributed by atoms with van der Waals surface area (Å²) in [5.41, 5.74) is 3.38. The number of nitrogens with zero attached hydrogens (tertiary/aromatic N) is 3. The first-order chi connectivity index (χ1) is 12.8. The molecule has 7 nitrogen and oxygen atoms in total. The van der Waals surface area contributed by atoms with Crippen LogP contribution in [0.2, 0.25) is 5.02 Å². The molecule has 138 valence electrons. The first-order valence-electron chi connectivity index (χ1n) is 8.17. The third-order valence-electron chi connectivity index (χ3n) is 4.28. The lowest BCUT2D eigenvalue weighted by atomic mass is 10.1. The summed E-state index contributed by atoms with van der Waals surface area (Å²) in [5, 5.41) is 14.4. The average Bonchev–Trinajstić information content (AvgIpc) is 2.93. The highest BCUT2D eigenvalue weighted by Gasteiger charge is 2.16. The molecule has 27 heavy (non-hydrogen) atoms. The number of nitro benzene ring substituents is 1. The highest BCUT2D eigenvalue weighted by molar-refractivity contribution is 6.31. The zero-order chi connectivity index (χ0) is 19.7. The summed E-state index contributed by atoms with van der Waals surface area (Å²) in [7, 11) is 0. The van der Waals surface area contributed by atoms with Crippen LogP contribution >= 0.6 is 11.6 Å². The number of benzene rings is 2. The minimum Gasteiger partial charge on any atom is -0.295 e. The molecule has 0 bridgehead atoms. The molecule has 1 N–H and O–H groups in total. The zero-order valence-corrected chi connectivity index (χ0v) is 15.7. The van der Waals surface area contributed by atoms with Crippen LogP contribution in [-0.4, -0.2) is 20.4 Å². The van der Waals surface area contributed by atoms with Gasteiger partial charge in [-0.15, -0.1) is 0 Å². The Morgan fingerprint density at radius 1 is 1.19 bits per heavy atom. The standard InChI is InChI=1S/C19H17ClN4O3/c1-11-16(20)5-4-6-17(11)21-12(2)18-13(3)22-23(19(18)25)14-7-9-15(10-8-14)24(26)27/h4-10,22H,1-3H3. The first-order valence-corrected chi connectivity index (χ1v) is 8.54. The maximum Gasteiger partial charge on any atom is 0.280 e. The van der Waals surface area contributed by atoms with E-state index in [0.29, 0.717) is 33.4 Å². The van der Waals surface area contributed by atoms with Crippen molar-refractivity contribution in [3.63, 3.8) is 0 Å². The Morgan fingerprint density at radius 3 is 2.48 bits per heavy atom. The summed E-state index contributed by atoms with van der Waals surface area (Å²) in [4.78, 5) is 27.8. The Hall–Kier alpha value is -3.19. The van der Waals surface area contributed by atoms with Gasteiger partial charge in [0.15, 0.2) is 0 Å². The Kier molecular flexibility index (Phi) is 4.96. The molecule has 0 aliphatic rings. The van der Waals surface area contributed by atoms with Gasteiger partial charge in [0.25, 0.3) is 11.2 Å². The molecule has 8 heteroatoms. The Balaban J connectivity index is 2.05. The van der Waals surface area contributed by atoms with Crippen LogP contribution in [0.15, 0.2) is 52.3 Å². The van der Waals surface area contributed by atoms with Crippen LogP contribution in [0.25, 0.3) is 5.69 Å². The number of non-ortho nitro benzene ring substituents is 1. The fraction of sp³-hybridized carbons (Fsp3) is 0.158. The SMILES string of the molecule is CC(=Nc1cccc(Cl)c1C)c1c(C)[nH]n(-c2ccc([N+](=O)[O-])cc2)c1=O. The van der Waals surface area contributed by atoms with Crippen LogP contribution in [0.1, 0.15) is 23.7 Å². The van der Waals surface area contributed by atoms with Crippen molar-refractivity contribution in [1.82, 2.24) is 9.78 Å². The fourth-order valence-corrected chi connectivity index (χ4v) is 3.00. The van der Waals surface area contributed by atoms with Crippen LogP contribution in [0.5, 0.6) is 0 Å². The van der Waals surface area contributed by atoms with E-state index in [2.05, 4.69) is 10.1 Å². The average molecular weight is 385 g/mol. The van der Waals surface area contributed by atoms with Gasteiger partial charge in [-0.05, 0) is 50.6 Å². The van der Waals surface area contributed by atoms with Crippen molar-refractivity contribution >= 4 is 28.7 Å². The third kappa shape index (κ3) is 3.54. The summed E-state index contributed by atoms with van der Waals surface area (Å²) >= 11 is 6.14. The summed E-state index contributed by atoms with van der Waals surface area (Å²) in [6, 6.07) is 11.2. The van der Waals surface area contributed by atoms with Crippen molar-refractivity contribution in [3.05, 3.63) is 84.8 Å². The molecule has 0 aliphatic carbocycles. The molecule has 0 saturated carbocycles. The van der Waals surface area contributed by atoms with Gasteiger partial charge in [-0.3, -0.25) is 25.0 Å². The number of H-pyrrole nitrogens is 1. The molecule has 2 aromatic carbocycles. The predicted octanol–water partition coefficient (Wildman–Crippen LogP) is 4.48. The van der Waals surface area contributed by atoms with Gasteiger partial charge in [-0.25, -0.2) is 4.68 Å². The van der Waals surface area contributed by atoms with E-state index in [1.54, 1.807) is 26.0 Å².